The molecule has 1 N–H and O–H groups in total. The van der Waals surface area contributed by atoms with E-state index >= 15 is 0 Å². The van der Waals surface area contributed by atoms with E-state index in [4.69, 9.17) is 0 Å². The van der Waals surface area contributed by atoms with Crippen LogP contribution in [0.4, 0.5) is 11.4 Å². The number of rotatable bonds is 6. The molecule has 0 aliphatic carbocycles. The lowest BCUT2D eigenvalue weighted by atomic mass is 9.88. The van der Waals surface area contributed by atoms with Gasteiger partial charge in [0.1, 0.15) is 0 Å². The number of carbonyl (C=O) groups excluding carboxylic acids is 2. The molecule has 2 heterocycles. The van der Waals surface area contributed by atoms with E-state index in [0.29, 0.717) is 17.9 Å². The Kier molecular flexibility index (Phi) is 5.57. The lowest BCUT2D eigenvalue weighted by Gasteiger charge is -2.35. The molecule has 9 nitrogen and oxygen atoms in total. The van der Waals surface area contributed by atoms with Gasteiger partial charge in [-0.2, -0.15) is 0 Å². The highest BCUT2D eigenvalue weighted by Gasteiger charge is 2.51. The third kappa shape index (κ3) is 3.95. The Bertz CT molecular complexity index is 1030. The second kappa shape index (κ2) is 8.18. The molecule has 0 radical (unpaired) electrons. The van der Waals surface area contributed by atoms with E-state index in [2.05, 4.69) is 9.80 Å². The van der Waals surface area contributed by atoms with Crippen molar-refractivity contribution >= 4 is 23.1 Å². The van der Waals surface area contributed by atoms with Crippen LogP contribution in [-0.4, -0.2) is 71.4 Å². The highest BCUT2D eigenvalue weighted by Crippen LogP contribution is 2.43. The summed E-state index contributed by atoms with van der Waals surface area (Å²) in [4.78, 5) is 42.6. The second-order valence-corrected chi connectivity index (χ2v) is 8.08. The number of fused-ring (bicyclic) bond motifs is 1. The summed E-state index contributed by atoms with van der Waals surface area (Å²) in [7, 11) is 2.05. The average Bonchev–Trinajstić information content (AvgIpc) is 2.97. The topological polar surface area (TPSA) is 107 Å². The maximum atomic E-state index is 13.3. The van der Waals surface area contributed by atoms with E-state index in [9.17, 15) is 24.8 Å². The first-order chi connectivity index (χ1) is 14.8. The summed E-state index contributed by atoms with van der Waals surface area (Å²) in [6.45, 7) is 3.70. The number of Topliss-reactive ketones (excluding diaryl/α,β-unsaturated/α-hetero) is 1. The van der Waals surface area contributed by atoms with Gasteiger partial charge in [-0.3, -0.25) is 29.5 Å². The van der Waals surface area contributed by atoms with Crippen LogP contribution in [0.3, 0.4) is 0 Å². The zero-order valence-corrected chi connectivity index (χ0v) is 17.2. The number of ketones is 1. The van der Waals surface area contributed by atoms with Crippen LogP contribution < -0.4 is 4.90 Å². The summed E-state index contributed by atoms with van der Waals surface area (Å²) in [6, 6.07) is 12.2. The number of nitro groups is 1. The first-order valence-electron chi connectivity index (χ1n) is 10.1. The largest absolute Gasteiger partial charge is 0.375 e. The molecule has 1 saturated heterocycles. The molecule has 1 unspecified atom stereocenters. The molecular weight excluding hydrogens is 400 g/mol. The molecule has 31 heavy (non-hydrogen) atoms. The summed E-state index contributed by atoms with van der Waals surface area (Å²) >= 11 is 0. The number of hydrogen-bond acceptors (Lipinski definition) is 7. The Morgan fingerprint density at radius 3 is 2.55 bits per heavy atom. The van der Waals surface area contributed by atoms with Crippen molar-refractivity contribution < 1.29 is 19.6 Å². The molecule has 2 aliphatic heterocycles. The third-order valence-corrected chi connectivity index (χ3v) is 5.97. The van der Waals surface area contributed by atoms with Gasteiger partial charge in [0, 0.05) is 49.4 Å². The number of para-hydroxylation sites is 1. The van der Waals surface area contributed by atoms with E-state index < -0.39 is 28.6 Å². The number of amides is 1. The van der Waals surface area contributed by atoms with Gasteiger partial charge in [0.2, 0.25) is 0 Å². The van der Waals surface area contributed by atoms with E-state index in [1.807, 2.05) is 7.05 Å². The molecule has 9 heteroatoms. The van der Waals surface area contributed by atoms with E-state index in [1.54, 1.807) is 24.3 Å². The summed E-state index contributed by atoms with van der Waals surface area (Å²) < 4.78 is 0. The molecule has 2 aliphatic rings. The maximum Gasteiger partial charge on any atom is 0.270 e. The molecule has 1 amide bonds. The Hall–Kier alpha value is -3.14. The number of nitrogens with zero attached hydrogens (tertiary/aromatic N) is 4. The molecule has 0 spiro atoms. The smallest absolute Gasteiger partial charge is 0.270 e. The molecular formula is C22H24N4O5. The third-order valence-electron chi connectivity index (χ3n) is 5.97. The predicted octanol–water partition coefficient (Wildman–Crippen LogP) is 1.61. The zero-order chi connectivity index (χ0) is 22.2. The Labute approximate surface area is 179 Å². The minimum absolute atomic E-state index is 0.0884. The van der Waals surface area contributed by atoms with Gasteiger partial charge in [-0.1, -0.05) is 30.3 Å². The molecule has 0 aromatic heterocycles. The lowest BCUT2D eigenvalue weighted by Crippen LogP contribution is -2.51. The highest BCUT2D eigenvalue weighted by atomic mass is 16.6. The number of nitro benzene ring substituents is 1. The van der Waals surface area contributed by atoms with Gasteiger partial charge >= 0.3 is 0 Å². The van der Waals surface area contributed by atoms with Crippen LogP contribution in [0.5, 0.6) is 0 Å². The van der Waals surface area contributed by atoms with Crippen molar-refractivity contribution in [3.05, 3.63) is 69.8 Å². The predicted molar refractivity (Wildman–Crippen MR) is 114 cm³/mol. The number of anilines is 1. The summed E-state index contributed by atoms with van der Waals surface area (Å²) in [5.74, 6) is -1.08. The maximum absolute atomic E-state index is 13.3. The Morgan fingerprint density at radius 2 is 1.84 bits per heavy atom. The number of piperazine rings is 1. The van der Waals surface area contributed by atoms with Crippen LogP contribution in [0.15, 0.2) is 48.5 Å². The number of hydrogen-bond donors (Lipinski definition) is 1. The second-order valence-electron chi connectivity index (χ2n) is 8.08. The Morgan fingerprint density at radius 1 is 1.13 bits per heavy atom. The van der Waals surface area contributed by atoms with Crippen molar-refractivity contribution in [3.8, 4) is 0 Å². The highest BCUT2D eigenvalue weighted by molar-refractivity contribution is 6.10. The summed E-state index contributed by atoms with van der Waals surface area (Å²) in [5.41, 5.74) is -1.17. The molecule has 1 fully saturated rings. The molecule has 0 bridgehead atoms. The molecule has 2 aromatic rings. The van der Waals surface area contributed by atoms with Crippen LogP contribution >= 0.6 is 0 Å². The molecule has 1 atom stereocenters. The normalized spacial score (nSPS) is 21.9. The number of non-ortho nitro benzene ring substituents is 1. The van der Waals surface area contributed by atoms with Crippen molar-refractivity contribution in [2.45, 2.75) is 12.0 Å². The number of carbonyl (C=O) groups is 2. The SMILES string of the molecule is CN1CCN(CN2C(=O)C(O)(CC(=O)c3cccc([N+](=O)[O-])c3)c3ccccc32)CC1. The van der Waals surface area contributed by atoms with E-state index in [1.165, 1.54) is 29.2 Å². The van der Waals surface area contributed by atoms with Gasteiger partial charge in [-0.15, -0.1) is 0 Å². The fourth-order valence-corrected chi connectivity index (χ4v) is 4.13. The molecule has 4 rings (SSSR count). The fraction of sp³-hybridized carbons (Fsp3) is 0.364. The Balaban J connectivity index is 1.60. The first-order valence-corrected chi connectivity index (χ1v) is 10.1. The average molecular weight is 424 g/mol. The van der Waals surface area contributed by atoms with Crippen LogP contribution in [0, 0.1) is 10.1 Å². The minimum atomic E-state index is -2.01. The lowest BCUT2D eigenvalue weighted by molar-refractivity contribution is -0.384. The fourth-order valence-electron chi connectivity index (χ4n) is 4.13. The standard InChI is InChI=1S/C22H24N4O5/c1-23-9-11-24(12-10-23)15-25-19-8-3-2-7-18(19)22(29,21(25)28)14-20(27)16-5-4-6-17(13-16)26(30)31/h2-8,13,29H,9-12,14-15H2,1H3. The number of likely N-dealkylation sites (N-methyl/N-ethyl adjacent to an activating group) is 1. The zero-order valence-electron chi connectivity index (χ0n) is 17.2. The van der Waals surface area contributed by atoms with Gasteiger partial charge in [0.15, 0.2) is 11.4 Å². The van der Waals surface area contributed by atoms with Crippen molar-refractivity contribution in [1.29, 1.82) is 0 Å². The van der Waals surface area contributed by atoms with Crippen molar-refractivity contribution in [1.82, 2.24) is 9.80 Å². The van der Waals surface area contributed by atoms with Gasteiger partial charge < -0.3 is 10.0 Å². The van der Waals surface area contributed by atoms with Crippen molar-refractivity contribution in [2.75, 3.05) is 44.8 Å². The van der Waals surface area contributed by atoms with Gasteiger partial charge in [0.25, 0.3) is 11.6 Å². The van der Waals surface area contributed by atoms with Gasteiger partial charge in [-0.05, 0) is 13.1 Å². The van der Waals surface area contributed by atoms with E-state index in [-0.39, 0.29) is 11.3 Å². The first kappa shape index (κ1) is 21.1. The quantitative estimate of drug-likeness (QED) is 0.426. The summed E-state index contributed by atoms with van der Waals surface area (Å²) in [5, 5.41) is 22.4. The van der Waals surface area contributed by atoms with Crippen LogP contribution in [0.2, 0.25) is 0 Å². The number of benzene rings is 2. The van der Waals surface area contributed by atoms with Crippen LogP contribution in [0.25, 0.3) is 0 Å². The molecule has 162 valence electrons. The number of aliphatic hydroxyl groups is 1. The van der Waals surface area contributed by atoms with Crippen molar-refractivity contribution in [2.24, 2.45) is 0 Å². The van der Waals surface area contributed by atoms with Crippen molar-refractivity contribution in [3.63, 3.8) is 0 Å². The van der Waals surface area contributed by atoms with E-state index in [0.717, 1.165) is 26.2 Å². The van der Waals surface area contributed by atoms with Gasteiger partial charge in [-0.25, -0.2) is 0 Å². The minimum Gasteiger partial charge on any atom is -0.375 e. The monoisotopic (exact) mass is 424 g/mol. The van der Waals surface area contributed by atoms with Gasteiger partial charge in [0.05, 0.1) is 23.7 Å². The molecule has 0 saturated carbocycles. The van der Waals surface area contributed by atoms with Crippen LogP contribution in [0.1, 0.15) is 22.3 Å². The van der Waals surface area contributed by atoms with Crippen LogP contribution in [-0.2, 0) is 10.4 Å². The molecule has 2 aromatic carbocycles. The summed E-state index contributed by atoms with van der Waals surface area (Å²) in [6.07, 6.45) is -0.483.